The maximum absolute atomic E-state index is 5.19. The van der Waals surface area contributed by atoms with Crippen LogP contribution in [0.1, 0.15) is 37.9 Å². The molecule has 15 heavy (non-hydrogen) atoms. The van der Waals surface area contributed by atoms with Crippen molar-refractivity contribution in [1.82, 2.24) is 15.0 Å². The van der Waals surface area contributed by atoms with Crippen LogP contribution in [-0.2, 0) is 12.8 Å². The molecule has 0 atom stereocenters. The van der Waals surface area contributed by atoms with Crippen molar-refractivity contribution in [3.63, 3.8) is 0 Å². The molecule has 0 unspecified atom stereocenters. The van der Waals surface area contributed by atoms with Crippen LogP contribution in [0.25, 0.3) is 0 Å². The Hall–Kier alpha value is -0.900. The summed E-state index contributed by atoms with van der Waals surface area (Å²) in [5, 5.41) is 3.95. The fraction of sp³-hybridized carbons (Fsp3) is 0.818. The van der Waals surface area contributed by atoms with Crippen molar-refractivity contribution in [2.45, 2.75) is 39.0 Å². The predicted molar refractivity (Wildman–Crippen MR) is 57.7 cm³/mol. The lowest BCUT2D eigenvalue weighted by atomic mass is 10.3. The third kappa shape index (κ3) is 3.02. The average Bonchev–Trinajstić information content (AvgIpc) is 2.85. The van der Waals surface area contributed by atoms with Crippen LogP contribution in [0.2, 0.25) is 0 Å². The lowest BCUT2D eigenvalue weighted by Crippen LogP contribution is -2.22. The largest absolute Gasteiger partial charge is 0.339 e. The number of nitrogens with zero attached hydrogens (tertiary/aromatic N) is 3. The Morgan fingerprint density at radius 3 is 2.80 bits per heavy atom. The van der Waals surface area contributed by atoms with Gasteiger partial charge in [-0.1, -0.05) is 12.1 Å². The van der Waals surface area contributed by atoms with Crippen LogP contribution in [0.3, 0.4) is 0 Å². The van der Waals surface area contributed by atoms with E-state index in [-0.39, 0.29) is 0 Å². The summed E-state index contributed by atoms with van der Waals surface area (Å²) in [6.45, 7) is 5.65. The fourth-order valence-corrected chi connectivity index (χ4v) is 1.98. The molecule has 0 saturated carbocycles. The summed E-state index contributed by atoms with van der Waals surface area (Å²) >= 11 is 0. The van der Waals surface area contributed by atoms with Crippen molar-refractivity contribution in [2.24, 2.45) is 0 Å². The van der Waals surface area contributed by atoms with Gasteiger partial charge in [0.05, 0.1) is 0 Å². The number of hydrogen-bond acceptors (Lipinski definition) is 4. The number of aryl methyl sites for hydroxylation is 1. The maximum atomic E-state index is 5.19. The summed E-state index contributed by atoms with van der Waals surface area (Å²) in [6.07, 6.45) is 5.57. The van der Waals surface area contributed by atoms with E-state index in [2.05, 4.69) is 22.0 Å². The normalized spacial score (nSPS) is 17.4. The second kappa shape index (κ2) is 5.26. The monoisotopic (exact) mass is 209 g/mol. The van der Waals surface area contributed by atoms with Crippen molar-refractivity contribution in [3.8, 4) is 0 Å². The van der Waals surface area contributed by atoms with E-state index in [1.807, 2.05) is 0 Å². The lowest BCUT2D eigenvalue weighted by Gasteiger charge is -2.11. The van der Waals surface area contributed by atoms with Crippen molar-refractivity contribution < 1.29 is 4.52 Å². The van der Waals surface area contributed by atoms with Crippen LogP contribution < -0.4 is 0 Å². The van der Waals surface area contributed by atoms with Crippen LogP contribution >= 0.6 is 0 Å². The average molecular weight is 209 g/mol. The zero-order chi connectivity index (χ0) is 10.5. The third-order valence-corrected chi connectivity index (χ3v) is 2.82. The van der Waals surface area contributed by atoms with Gasteiger partial charge >= 0.3 is 0 Å². The van der Waals surface area contributed by atoms with Gasteiger partial charge in [-0.3, -0.25) is 0 Å². The molecule has 0 aromatic carbocycles. The SMILES string of the molecule is CCCc1noc(CCN2CCCC2)n1. The molecule has 4 heteroatoms. The quantitative estimate of drug-likeness (QED) is 0.739. The van der Waals surface area contributed by atoms with E-state index >= 15 is 0 Å². The molecule has 2 heterocycles. The minimum Gasteiger partial charge on any atom is -0.339 e. The first-order valence-corrected chi connectivity index (χ1v) is 5.92. The van der Waals surface area contributed by atoms with Gasteiger partial charge in [-0.15, -0.1) is 0 Å². The highest BCUT2D eigenvalue weighted by Gasteiger charge is 2.13. The van der Waals surface area contributed by atoms with Gasteiger partial charge in [-0.25, -0.2) is 0 Å². The molecule has 0 aliphatic carbocycles. The van der Waals surface area contributed by atoms with Gasteiger partial charge < -0.3 is 9.42 Å². The molecule has 4 nitrogen and oxygen atoms in total. The van der Waals surface area contributed by atoms with Gasteiger partial charge in [-0.2, -0.15) is 4.98 Å². The Kier molecular flexibility index (Phi) is 3.72. The first-order valence-electron chi connectivity index (χ1n) is 5.92. The van der Waals surface area contributed by atoms with Crippen molar-refractivity contribution in [3.05, 3.63) is 11.7 Å². The molecule has 0 N–H and O–H groups in total. The van der Waals surface area contributed by atoms with Gasteiger partial charge in [-0.05, 0) is 32.4 Å². The number of likely N-dealkylation sites (tertiary alicyclic amines) is 1. The summed E-state index contributed by atoms with van der Waals surface area (Å²) in [6, 6.07) is 0. The number of aromatic nitrogens is 2. The van der Waals surface area contributed by atoms with E-state index in [0.717, 1.165) is 37.5 Å². The van der Waals surface area contributed by atoms with Crippen molar-refractivity contribution in [2.75, 3.05) is 19.6 Å². The highest BCUT2D eigenvalue weighted by molar-refractivity contribution is 4.87. The Morgan fingerprint density at radius 2 is 2.07 bits per heavy atom. The second-order valence-corrected chi connectivity index (χ2v) is 4.15. The van der Waals surface area contributed by atoms with Crippen LogP contribution in [0.5, 0.6) is 0 Å². The molecule has 1 aromatic heterocycles. The fourth-order valence-electron chi connectivity index (χ4n) is 1.98. The maximum Gasteiger partial charge on any atom is 0.227 e. The molecule has 0 amide bonds. The van der Waals surface area contributed by atoms with E-state index < -0.39 is 0 Å². The second-order valence-electron chi connectivity index (χ2n) is 4.15. The van der Waals surface area contributed by atoms with Crippen LogP contribution in [-0.4, -0.2) is 34.7 Å². The van der Waals surface area contributed by atoms with Gasteiger partial charge in [0.15, 0.2) is 5.82 Å². The predicted octanol–water partition coefficient (Wildman–Crippen LogP) is 1.66. The van der Waals surface area contributed by atoms with Crippen LogP contribution in [0.15, 0.2) is 4.52 Å². The Labute approximate surface area is 90.7 Å². The highest BCUT2D eigenvalue weighted by Crippen LogP contribution is 2.08. The molecule has 1 aliphatic heterocycles. The van der Waals surface area contributed by atoms with Gasteiger partial charge in [0, 0.05) is 19.4 Å². The molecule has 1 aromatic rings. The summed E-state index contributed by atoms with van der Waals surface area (Å²) in [5.41, 5.74) is 0. The summed E-state index contributed by atoms with van der Waals surface area (Å²) in [4.78, 5) is 6.82. The standard InChI is InChI=1S/C11H19N3O/c1-2-5-10-12-11(15-13-10)6-9-14-7-3-4-8-14/h2-9H2,1H3. The van der Waals surface area contributed by atoms with Gasteiger partial charge in [0.25, 0.3) is 0 Å². The summed E-state index contributed by atoms with van der Waals surface area (Å²) < 4.78 is 5.19. The molecule has 1 aliphatic rings. The minimum absolute atomic E-state index is 0.797. The van der Waals surface area contributed by atoms with Gasteiger partial charge in [0.1, 0.15) is 0 Å². The first kappa shape index (κ1) is 10.6. The lowest BCUT2D eigenvalue weighted by molar-refractivity contribution is 0.310. The number of rotatable bonds is 5. The van der Waals surface area contributed by atoms with Gasteiger partial charge in [0.2, 0.25) is 5.89 Å². The van der Waals surface area contributed by atoms with E-state index in [4.69, 9.17) is 4.52 Å². The van der Waals surface area contributed by atoms with Crippen molar-refractivity contribution in [1.29, 1.82) is 0 Å². The zero-order valence-corrected chi connectivity index (χ0v) is 9.41. The molecule has 84 valence electrons. The molecule has 0 radical (unpaired) electrons. The minimum atomic E-state index is 0.797. The summed E-state index contributed by atoms with van der Waals surface area (Å²) in [5.74, 6) is 1.65. The Bertz CT molecular complexity index is 292. The summed E-state index contributed by atoms with van der Waals surface area (Å²) in [7, 11) is 0. The van der Waals surface area contributed by atoms with Crippen LogP contribution in [0.4, 0.5) is 0 Å². The molecule has 0 bridgehead atoms. The first-order chi connectivity index (χ1) is 7.38. The van der Waals surface area contributed by atoms with E-state index in [9.17, 15) is 0 Å². The highest BCUT2D eigenvalue weighted by atomic mass is 16.5. The molecule has 2 rings (SSSR count). The third-order valence-electron chi connectivity index (χ3n) is 2.82. The molecule has 1 fully saturated rings. The number of hydrogen-bond donors (Lipinski definition) is 0. The van der Waals surface area contributed by atoms with Crippen LogP contribution in [0, 0.1) is 0 Å². The zero-order valence-electron chi connectivity index (χ0n) is 9.41. The molecule has 1 saturated heterocycles. The Morgan fingerprint density at radius 1 is 1.27 bits per heavy atom. The topological polar surface area (TPSA) is 42.2 Å². The van der Waals surface area contributed by atoms with Crippen molar-refractivity contribution >= 4 is 0 Å². The molecular formula is C11H19N3O. The van der Waals surface area contributed by atoms with E-state index in [1.165, 1.54) is 25.9 Å². The molecule has 0 spiro atoms. The molecular weight excluding hydrogens is 190 g/mol. The Balaban J connectivity index is 1.77. The van der Waals surface area contributed by atoms with E-state index in [0.29, 0.717) is 0 Å². The van der Waals surface area contributed by atoms with E-state index in [1.54, 1.807) is 0 Å². The smallest absolute Gasteiger partial charge is 0.227 e.